The molecule has 2 nitrogen and oxygen atoms in total. The summed E-state index contributed by atoms with van der Waals surface area (Å²) in [5.41, 5.74) is 3.15. The van der Waals surface area contributed by atoms with E-state index in [0.29, 0.717) is 12.6 Å². The van der Waals surface area contributed by atoms with E-state index in [1.165, 1.54) is 0 Å². The van der Waals surface area contributed by atoms with Gasteiger partial charge in [0.2, 0.25) is 0 Å². The predicted molar refractivity (Wildman–Crippen MR) is 76.1 cm³/mol. The van der Waals surface area contributed by atoms with Crippen LogP contribution >= 0.6 is 8.46 Å². The Morgan fingerprint density at radius 2 is 2.11 bits per heavy atom. The van der Waals surface area contributed by atoms with E-state index in [4.69, 9.17) is 0 Å². The molecule has 0 amide bonds. The molecule has 0 heterocycles. The zero-order valence-corrected chi connectivity index (χ0v) is 12.5. The Bertz CT molecular complexity index is 439. The number of hydrogen-bond donors (Lipinski definition) is 0. The maximum absolute atomic E-state index is 11.8. The fourth-order valence-electron chi connectivity index (χ4n) is 2.22. The Morgan fingerprint density at radius 1 is 1.44 bits per heavy atom. The van der Waals surface area contributed by atoms with E-state index in [-0.39, 0.29) is 19.7 Å². The zero-order chi connectivity index (χ0) is 13.8. The summed E-state index contributed by atoms with van der Waals surface area (Å²) >= 11 is 0. The molecular weight excluding hydrogens is 243 g/mol. The van der Waals surface area contributed by atoms with E-state index in [2.05, 4.69) is 13.8 Å². The van der Waals surface area contributed by atoms with Gasteiger partial charge in [-0.25, -0.2) is 0 Å². The van der Waals surface area contributed by atoms with Crippen LogP contribution in [-0.4, -0.2) is 11.9 Å². The zero-order valence-electron chi connectivity index (χ0n) is 11.6. The summed E-state index contributed by atoms with van der Waals surface area (Å²) in [7, 11) is 0.140. The van der Waals surface area contributed by atoms with Crippen LogP contribution in [-0.2, 0) is 9.36 Å². The molecule has 1 aliphatic carbocycles. The van der Waals surface area contributed by atoms with E-state index < -0.39 is 0 Å². The van der Waals surface area contributed by atoms with Gasteiger partial charge in [-0.2, -0.15) is 0 Å². The molecule has 0 saturated carbocycles. The van der Waals surface area contributed by atoms with E-state index in [1.54, 1.807) is 0 Å². The summed E-state index contributed by atoms with van der Waals surface area (Å²) in [6.07, 6.45) is 8.07. The van der Waals surface area contributed by atoms with Crippen LogP contribution in [0.25, 0.3) is 0 Å². The third-order valence-electron chi connectivity index (χ3n) is 3.53. The van der Waals surface area contributed by atoms with Crippen LogP contribution in [0.2, 0.25) is 0 Å². The highest BCUT2D eigenvalue weighted by Gasteiger charge is 2.30. The fraction of sp³-hybridized carbons (Fsp3) is 0.533. The Balaban J connectivity index is 2.99. The van der Waals surface area contributed by atoms with E-state index in [1.807, 2.05) is 32.1 Å². The molecule has 0 aromatic rings. The SMILES string of the molecule is CC1=C(/C=C/C(C)=C/CP=O)C(C)(C)CCC1=O. The van der Waals surface area contributed by atoms with Gasteiger partial charge in [0.1, 0.15) is 0 Å². The minimum Gasteiger partial charge on any atom is -0.295 e. The summed E-state index contributed by atoms with van der Waals surface area (Å²) < 4.78 is 10.4. The van der Waals surface area contributed by atoms with Crippen LogP contribution in [0.15, 0.2) is 34.9 Å². The topological polar surface area (TPSA) is 34.1 Å². The number of ketones is 1. The second-order valence-corrected chi connectivity index (χ2v) is 6.06. The minimum absolute atomic E-state index is 0.0611. The second kappa shape index (κ2) is 6.24. The van der Waals surface area contributed by atoms with Gasteiger partial charge in [-0.15, -0.1) is 0 Å². The predicted octanol–water partition coefficient (Wildman–Crippen LogP) is 4.49. The first-order valence-corrected chi connectivity index (χ1v) is 7.27. The molecular formula is C15H21O2P. The Labute approximate surface area is 111 Å². The third-order valence-corrected chi connectivity index (χ3v) is 3.86. The number of rotatable bonds is 4. The van der Waals surface area contributed by atoms with E-state index in [0.717, 1.165) is 23.1 Å². The largest absolute Gasteiger partial charge is 0.295 e. The van der Waals surface area contributed by atoms with Crippen LogP contribution in [0, 0.1) is 5.41 Å². The smallest absolute Gasteiger partial charge is 0.159 e. The molecule has 1 rings (SSSR count). The van der Waals surface area contributed by atoms with Crippen molar-refractivity contribution in [2.75, 3.05) is 6.16 Å². The van der Waals surface area contributed by atoms with Crippen molar-refractivity contribution in [2.45, 2.75) is 40.5 Å². The number of carbonyl (C=O) groups is 1. The van der Waals surface area contributed by atoms with Crippen molar-refractivity contribution in [3.63, 3.8) is 0 Å². The van der Waals surface area contributed by atoms with Gasteiger partial charge in [-0.3, -0.25) is 9.36 Å². The van der Waals surface area contributed by atoms with Crippen molar-refractivity contribution in [2.24, 2.45) is 5.41 Å². The van der Waals surface area contributed by atoms with Gasteiger partial charge in [0, 0.05) is 12.6 Å². The van der Waals surface area contributed by atoms with Crippen LogP contribution in [0.3, 0.4) is 0 Å². The van der Waals surface area contributed by atoms with Crippen molar-refractivity contribution >= 4 is 14.2 Å². The summed E-state index contributed by atoms with van der Waals surface area (Å²) in [6.45, 7) is 8.25. The maximum Gasteiger partial charge on any atom is 0.159 e. The molecule has 0 spiro atoms. The van der Waals surface area contributed by atoms with Gasteiger partial charge in [0.15, 0.2) is 14.2 Å². The average Bonchev–Trinajstić information content (AvgIpc) is 2.31. The van der Waals surface area contributed by atoms with Crippen molar-refractivity contribution < 1.29 is 9.36 Å². The minimum atomic E-state index is 0.0611. The average molecular weight is 264 g/mol. The van der Waals surface area contributed by atoms with Gasteiger partial charge in [0.05, 0.1) is 0 Å². The lowest BCUT2D eigenvalue weighted by molar-refractivity contribution is -0.116. The molecule has 0 fully saturated rings. The molecule has 1 aliphatic rings. The highest BCUT2D eigenvalue weighted by atomic mass is 31.1. The van der Waals surface area contributed by atoms with Gasteiger partial charge < -0.3 is 0 Å². The van der Waals surface area contributed by atoms with Gasteiger partial charge in [0.25, 0.3) is 0 Å². The monoisotopic (exact) mass is 264 g/mol. The second-order valence-electron chi connectivity index (χ2n) is 5.44. The first-order chi connectivity index (χ1) is 8.38. The first kappa shape index (κ1) is 15.0. The number of Topliss-reactive ketones (excluding diaryl/α,β-unsaturated/α-hetero) is 1. The molecule has 0 N–H and O–H groups in total. The van der Waals surface area contributed by atoms with Crippen molar-refractivity contribution in [3.8, 4) is 0 Å². The summed E-state index contributed by atoms with van der Waals surface area (Å²) in [4.78, 5) is 11.8. The molecule has 0 bridgehead atoms. The Kier molecular flexibility index (Phi) is 5.22. The van der Waals surface area contributed by atoms with Crippen LogP contribution < -0.4 is 0 Å². The molecule has 0 atom stereocenters. The van der Waals surface area contributed by atoms with Crippen LogP contribution in [0.1, 0.15) is 40.5 Å². The summed E-state index contributed by atoms with van der Waals surface area (Å²) in [5.74, 6) is 0.258. The lowest BCUT2D eigenvalue weighted by Crippen LogP contribution is -2.24. The maximum atomic E-state index is 11.8. The quantitative estimate of drug-likeness (QED) is 0.554. The summed E-state index contributed by atoms with van der Waals surface area (Å²) in [6, 6.07) is 0. The standard InChI is InChI=1S/C15H21O2P/c1-11(8-10-18-17)5-6-13-12(2)14(16)7-9-15(13,3)4/h5-6,8H,7,9-10H2,1-4H3/b6-5+,11-8+. The molecule has 18 heavy (non-hydrogen) atoms. The lowest BCUT2D eigenvalue weighted by Gasteiger charge is -2.32. The molecule has 0 unspecified atom stereocenters. The summed E-state index contributed by atoms with van der Waals surface area (Å²) in [5, 5.41) is 0. The van der Waals surface area contributed by atoms with E-state index >= 15 is 0 Å². The number of allylic oxidation sites excluding steroid dienone is 6. The fourth-order valence-corrected chi connectivity index (χ4v) is 2.58. The van der Waals surface area contributed by atoms with Crippen molar-refractivity contribution in [1.82, 2.24) is 0 Å². The molecule has 3 heteroatoms. The molecule has 98 valence electrons. The van der Waals surface area contributed by atoms with E-state index in [9.17, 15) is 9.36 Å². The van der Waals surface area contributed by atoms with Gasteiger partial charge in [-0.05, 0) is 36.8 Å². The Morgan fingerprint density at radius 3 is 2.72 bits per heavy atom. The van der Waals surface area contributed by atoms with Crippen LogP contribution in [0.4, 0.5) is 0 Å². The number of carbonyl (C=O) groups excluding carboxylic acids is 1. The first-order valence-electron chi connectivity index (χ1n) is 6.27. The van der Waals surface area contributed by atoms with Crippen LogP contribution in [0.5, 0.6) is 0 Å². The molecule has 0 saturated heterocycles. The molecule has 0 aromatic heterocycles. The Hall–Kier alpha value is -1.01. The highest BCUT2D eigenvalue weighted by molar-refractivity contribution is 7.23. The third kappa shape index (κ3) is 3.74. The lowest BCUT2D eigenvalue weighted by atomic mass is 9.72. The van der Waals surface area contributed by atoms with Crippen molar-refractivity contribution in [1.29, 1.82) is 0 Å². The molecule has 0 aliphatic heterocycles. The van der Waals surface area contributed by atoms with Gasteiger partial charge in [-0.1, -0.05) is 37.6 Å². The molecule has 0 aromatic carbocycles. The highest BCUT2D eigenvalue weighted by Crippen LogP contribution is 2.39. The van der Waals surface area contributed by atoms with Crippen molar-refractivity contribution in [3.05, 3.63) is 34.9 Å². The normalized spacial score (nSPS) is 21.1. The van der Waals surface area contributed by atoms with Gasteiger partial charge >= 0.3 is 0 Å². The molecule has 0 radical (unpaired) electrons. The number of hydrogen-bond acceptors (Lipinski definition) is 2.